The molecule has 174 valence electrons. The van der Waals surface area contributed by atoms with Crippen molar-refractivity contribution in [3.05, 3.63) is 58.3 Å². The van der Waals surface area contributed by atoms with E-state index in [1.54, 1.807) is 6.07 Å². The molecule has 0 fully saturated rings. The molecular weight excluding hydrogens is 406 g/mol. The molecule has 0 saturated heterocycles. The van der Waals surface area contributed by atoms with E-state index in [4.69, 9.17) is 4.42 Å². The van der Waals surface area contributed by atoms with E-state index >= 15 is 0 Å². The summed E-state index contributed by atoms with van der Waals surface area (Å²) < 4.78 is 5.06. The van der Waals surface area contributed by atoms with Crippen molar-refractivity contribution >= 4 is 5.91 Å². The molecule has 1 aromatic carbocycles. The van der Waals surface area contributed by atoms with E-state index in [9.17, 15) is 15.0 Å². The molecular formula is C25H35N3O4. The van der Waals surface area contributed by atoms with Gasteiger partial charge in [-0.25, -0.2) is 0 Å². The number of hydrogen-bond acceptors (Lipinski definition) is 6. The first-order chi connectivity index (χ1) is 15.3. The third-order valence-corrected chi connectivity index (χ3v) is 5.29. The van der Waals surface area contributed by atoms with Gasteiger partial charge in [-0.1, -0.05) is 43.1 Å². The van der Waals surface area contributed by atoms with Crippen molar-refractivity contribution in [2.75, 3.05) is 0 Å². The molecule has 0 aliphatic rings. The number of carbonyl (C=O) groups is 1. The lowest BCUT2D eigenvalue weighted by Crippen LogP contribution is -2.24. The van der Waals surface area contributed by atoms with Crippen molar-refractivity contribution in [1.29, 1.82) is 0 Å². The fourth-order valence-corrected chi connectivity index (χ4v) is 3.45. The summed E-state index contributed by atoms with van der Waals surface area (Å²) in [5, 5.41) is 31.7. The first-order valence-corrected chi connectivity index (χ1v) is 11.2. The molecule has 0 aliphatic heterocycles. The molecule has 7 nitrogen and oxygen atoms in total. The Hall–Kier alpha value is -3.09. The van der Waals surface area contributed by atoms with E-state index in [2.05, 4.69) is 42.4 Å². The maximum absolute atomic E-state index is 13.0. The monoisotopic (exact) mass is 441 g/mol. The summed E-state index contributed by atoms with van der Waals surface area (Å²) in [5.74, 6) is -0.319. The Labute approximate surface area is 190 Å². The van der Waals surface area contributed by atoms with Gasteiger partial charge in [-0.15, -0.1) is 10.2 Å². The van der Waals surface area contributed by atoms with Gasteiger partial charge in [0.05, 0.1) is 12.1 Å². The molecule has 2 rings (SSSR count). The van der Waals surface area contributed by atoms with E-state index in [0.29, 0.717) is 24.0 Å². The summed E-state index contributed by atoms with van der Waals surface area (Å²) >= 11 is 0. The maximum Gasteiger partial charge on any atom is 0.255 e. The minimum Gasteiger partial charge on any atom is -0.508 e. The normalized spacial score (nSPS) is 11.4. The van der Waals surface area contributed by atoms with Crippen molar-refractivity contribution in [3.63, 3.8) is 0 Å². The van der Waals surface area contributed by atoms with Gasteiger partial charge in [0.1, 0.15) is 11.5 Å². The topological polar surface area (TPSA) is 108 Å². The van der Waals surface area contributed by atoms with E-state index in [-0.39, 0.29) is 29.5 Å². The van der Waals surface area contributed by atoms with Crippen LogP contribution in [-0.4, -0.2) is 26.3 Å². The van der Waals surface area contributed by atoms with Gasteiger partial charge in [0.25, 0.3) is 5.91 Å². The predicted octanol–water partition coefficient (Wildman–Crippen LogP) is 5.38. The molecule has 32 heavy (non-hydrogen) atoms. The summed E-state index contributed by atoms with van der Waals surface area (Å²) in [6.07, 6.45) is 11.1. The zero-order chi connectivity index (χ0) is 23.5. The zero-order valence-corrected chi connectivity index (χ0v) is 19.6. The highest BCUT2D eigenvalue weighted by atomic mass is 16.4. The summed E-state index contributed by atoms with van der Waals surface area (Å²) in [6, 6.07) is 1.61. The number of aromatic nitrogens is 2. The largest absolute Gasteiger partial charge is 0.508 e. The minimum atomic E-state index is -0.433. The van der Waals surface area contributed by atoms with Crippen LogP contribution in [0.4, 0.5) is 0 Å². The van der Waals surface area contributed by atoms with Crippen molar-refractivity contribution in [2.45, 2.75) is 79.2 Å². The van der Waals surface area contributed by atoms with Gasteiger partial charge in [-0.05, 0) is 64.5 Å². The number of rotatable bonds is 12. The Morgan fingerprint density at radius 2 is 1.97 bits per heavy atom. The number of hydrogen-bond donors (Lipinski definition) is 3. The van der Waals surface area contributed by atoms with Crippen LogP contribution < -0.4 is 5.32 Å². The van der Waals surface area contributed by atoms with Crippen LogP contribution in [0.3, 0.4) is 0 Å². The first kappa shape index (κ1) is 25.2. The molecule has 3 N–H and O–H groups in total. The Balaban J connectivity index is 2.27. The molecule has 1 amide bonds. The quantitative estimate of drug-likeness (QED) is 0.301. The van der Waals surface area contributed by atoms with Crippen LogP contribution in [0.5, 0.6) is 11.5 Å². The third-order valence-electron chi connectivity index (χ3n) is 5.29. The van der Waals surface area contributed by atoms with Gasteiger partial charge >= 0.3 is 0 Å². The second kappa shape index (κ2) is 12.7. The Kier molecular flexibility index (Phi) is 9.98. The van der Waals surface area contributed by atoms with E-state index in [0.717, 1.165) is 37.7 Å². The highest BCUT2D eigenvalue weighted by molar-refractivity contribution is 5.99. The van der Waals surface area contributed by atoms with Crippen LogP contribution in [0.1, 0.15) is 87.2 Å². The number of nitrogens with zero attached hydrogens (tertiary/aromatic N) is 2. The number of amides is 1. The second-order valence-electron chi connectivity index (χ2n) is 8.30. The lowest BCUT2D eigenvalue weighted by atomic mass is 9.94. The van der Waals surface area contributed by atoms with Gasteiger partial charge in [0.2, 0.25) is 12.3 Å². The predicted molar refractivity (Wildman–Crippen MR) is 125 cm³/mol. The van der Waals surface area contributed by atoms with E-state index in [1.165, 1.54) is 12.0 Å². The van der Waals surface area contributed by atoms with Crippen molar-refractivity contribution < 1.29 is 19.4 Å². The van der Waals surface area contributed by atoms with Crippen molar-refractivity contribution in [2.24, 2.45) is 0 Å². The Bertz CT molecular complexity index is 943. The average Bonchev–Trinajstić information content (AvgIpc) is 3.25. The van der Waals surface area contributed by atoms with Gasteiger partial charge in [0, 0.05) is 5.56 Å². The van der Waals surface area contributed by atoms with Crippen molar-refractivity contribution in [3.8, 4) is 11.5 Å². The maximum atomic E-state index is 13.0. The molecule has 0 bridgehead atoms. The van der Waals surface area contributed by atoms with Gasteiger partial charge in [0.15, 0.2) is 0 Å². The van der Waals surface area contributed by atoms with Crippen LogP contribution in [0.2, 0.25) is 0 Å². The molecule has 1 heterocycles. The smallest absolute Gasteiger partial charge is 0.255 e. The number of carbonyl (C=O) groups excluding carboxylic acids is 1. The molecule has 2 aromatic rings. The molecule has 0 unspecified atom stereocenters. The Morgan fingerprint density at radius 3 is 2.62 bits per heavy atom. The SMILES string of the molecule is CCCCCc1cc(O)c(CC=C(C)CCC=C(C)C)c(O)c1C(=O)NCc1nnco1. The van der Waals surface area contributed by atoms with Gasteiger partial charge < -0.3 is 19.9 Å². The fraction of sp³-hybridized carbons (Fsp3) is 0.480. The molecule has 0 saturated carbocycles. The zero-order valence-electron chi connectivity index (χ0n) is 19.6. The lowest BCUT2D eigenvalue weighted by molar-refractivity contribution is 0.0943. The molecule has 0 aliphatic carbocycles. The van der Waals surface area contributed by atoms with Gasteiger partial charge in [-0.3, -0.25) is 4.79 Å². The summed E-state index contributed by atoms with van der Waals surface area (Å²) in [6.45, 7) is 8.34. The lowest BCUT2D eigenvalue weighted by Gasteiger charge is -2.16. The second-order valence-corrected chi connectivity index (χ2v) is 8.30. The highest BCUT2D eigenvalue weighted by Crippen LogP contribution is 2.35. The molecule has 7 heteroatoms. The summed E-state index contributed by atoms with van der Waals surface area (Å²) in [7, 11) is 0. The van der Waals surface area contributed by atoms with E-state index in [1.807, 2.05) is 13.0 Å². The number of aryl methyl sites for hydroxylation is 1. The summed E-state index contributed by atoms with van der Waals surface area (Å²) in [5.41, 5.74) is 3.63. The highest BCUT2D eigenvalue weighted by Gasteiger charge is 2.22. The number of phenols is 2. The number of allylic oxidation sites excluding steroid dienone is 4. The average molecular weight is 442 g/mol. The van der Waals surface area contributed by atoms with Crippen LogP contribution in [-0.2, 0) is 19.4 Å². The standard InChI is InChI=1S/C25H35N3O4/c1-5-6-7-11-19-14-21(29)20(13-12-18(4)10-8-9-17(2)3)24(30)23(19)25(31)26-15-22-28-27-16-32-22/h9,12,14,16,29-30H,5-8,10-11,13,15H2,1-4H3,(H,26,31). The number of phenolic OH excluding ortho intramolecular Hbond substituents is 2. The van der Waals surface area contributed by atoms with Crippen LogP contribution in [0.25, 0.3) is 0 Å². The van der Waals surface area contributed by atoms with Crippen LogP contribution >= 0.6 is 0 Å². The summed E-state index contributed by atoms with van der Waals surface area (Å²) in [4.78, 5) is 13.0. The third kappa shape index (κ3) is 7.55. The first-order valence-electron chi connectivity index (χ1n) is 11.2. The molecule has 0 radical (unpaired) electrons. The molecule has 0 atom stereocenters. The number of benzene rings is 1. The molecule has 0 spiro atoms. The van der Waals surface area contributed by atoms with Gasteiger partial charge in [-0.2, -0.15) is 0 Å². The van der Waals surface area contributed by atoms with Crippen molar-refractivity contribution in [1.82, 2.24) is 15.5 Å². The minimum absolute atomic E-state index is 0.01000. The number of unbranched alkanes of at least 4 members (excludes halogenated alkanes) is 2. The molecule has 1 aromatic heterocycles. The van der Waals surface area contributed by atoms with Crippen LogP contribution in [0, 0.1) is 0 Å². The van der Waals surface area contributed by atoms with Crippen LogP contribution in [0.15, 0.2) is 40.2 Å². The number of aromatic hydroxyl groups is 2. The number of nitrogens with one attached hydrogen (secondary N) is 1. The Morgan fingerprint density at radius 1 is 1.19 bits per heavy atom. The fourth-order valence-electron chi connectivity index (χ4n) is 3.45. The van der Waals surface area contributed by atoms with E-state index < -0.39 is 5.91 Å².